The van der Waals surface area contributed by atoms with Crippen LogP contribution in [0.4, 0.5) is 5.13 Å². The highest BCUT2D eigenvalue weighted by atomic mass is 35.5. The quantitative estimate of drug-likeness (QED) is 0.519. The van der Waals surface area contributed by atoms with Crippen molar-refractivity contribution in [2.45, 2.75) is 25.9 Å². The molecule has 156 valence electrons. The Morgan fingerprint density at radius 3 is 2.79 bits per heavy atom. The van der Waals surface area contributed by atoms with Crippen LogP contribution in [0.1, 0.15) is 19.8 Å². The summed E-state index contributed by atoms with van der Waals surface area (Å²) in [6, 6.07) is 5.40. The van der Waals surface area contributed by atoms with Crippen molar-refractivity contribution in [1.82, 2.24) is 9.88 Å². The predicted molar refractivity (Wildman–Crippen MR) is 121 cm³/mol. The van der Waals surface area contributed by atoms with Crippen LogP contribution < -0.4 is 4.90 Å². The Kier molecular flexibility index (Phi) is 8.09. The van der Waals surface area contributed by atoms with E-state index in [1.165, 1.54) is 11.3 Å². The van der Waals surface area contributed by atoms with Gasteiger partial charge in [-0.2, -0.15) is 0 Å². The molecule has 0 spiro atoms. The van der Waals surface area contributed by atoms with Gasteiger partial charge in [-0.25, -0.2) is 4.98 Å². The molecule has 1 fully saturated rings. The normalized spacial score (nSPS) is 15.4. The number of thiazole rings is 1. The van der Waals surface area contributed by atoms with Crippen molar-refractivity contribution in [3.05, 3.63) is 46.3 Å². The van der Waals surface area contributed by atoms with E-state index in [9.17, 15) is 4.79 Å². The summed E-state index contributed by atoms with van der Waals surface area (Å²) in [6.07, 6.45) is 3.95. The second kappa shape index (κ2) is 10.5. The number of nitrogens with zero attached hydrogens (tertiary/aromatic N) is 3. The molecule has 2 aromatic rings. The minimum atomic E-state index is 0.0230. The van der Waals surface area contributed by atoms with Gasteiger partial charge in [0.2, 0.25) is 5.91 Å². The summed E-state index contributed by atoms with van der Waals surface area (Å²) >= 11 is 13.6. The molecule has 0 unspecified atom stereocenters. The van der Waals surface area contributed by atoms with Gasteiger partial charge < -0.3 is 4.74 Å². The van der Waals surface area contributed by atoms with Gasteiger partial charge in [0.05, 0.1) is 28.4 Å². The van der Waals surface area contributed by atoms with Gasteiger partial charge in [0.1, 0.15) is 0 Å². The number of carbonyl (C=O) groups excluding carboxylic acids is 1. The predicted octanol–water partition coefficient (Wildman–Crippen LogP) is 5.14. The van der Waals surface area contributed by atoms with Crippen molar-refractivity contribution >= 4 is 45.6 Å². The van der Waals surface area contributed by atoms with Crippen molar-refractivity contribution in [1.29, 1.82) is 0 Å². The number of ether oxygens (including phenoxy) is 1. The van der Waals surface area contributed by atoms with Gasteiger partial charge in [-0.3, -0.25) is 14.6 Å². The molecule has 1 aliphatic heterocycles. The summed E-state index contributed by atoms with van der Waals surface area (Å²) in [5.74, 6) is 0.0230. The molecule has 0 radical (unpaired) electrons. The van der Waals surface area contributed by atoms with Crippen LogP contribution in [0.3, 0.4) is 0 Å². The Balaban J connectivity index is 1.68. The summed E-state index contributed by atoms with van der Waals surface area (Å²) in [4.78, 5) is 21.5. The number of piperidine rings is 1. The van der Waals surface area contributed by atoms with Crippen LogP contribution in [0.25, 0.3) is 11.3 Å². The molecule has 1 aliphatic rings. The Labute approximate surface area is 185 Å². The van der Waals surface area contributed by atoms with Crippen molar-refractivity contribution in [2.75, 3.05) is 37.7 Å². The van der Waals surface area contributed by atoms with Crippen molar-refractivity contribution in [3.8, 4) is 11.3 Å². The van der Waals surface area contributed by atoms with Gasteiger partial charge in [0.25, 0.3) is 0 Å². The lowest BCUT2D eigenvalue weighted by atomic mass is 10.1. The molecule has 1 amide bonds. The largest absolute Gasteiger partial charge is 0.378 e. The molecular formula is C21H25Cl2N3O2S. The average molecular weight is 454 g/mol. The summed E-state index contributed by atoms with van der Waals surface area (Å²) < 4.78 is 5.69. The molecule has 8 heteroatoms. The van der Waals surface area contributed by atoms with Gasteiger partial charge in [0, 0.05) is 37.2 Å². The molecule has 5 nitrogen and oxygen atoms in total. The Hall–Kier alpha value is -1.44. The highest BCUT2D eigenvalue weighted by Gasteiger charge is 2.25. The molecule has 29 heavy (non-hydrogen) atoms. The lowest BCUT2D eigenvalue weighted by molar-refractivity contribution is -0.120. The molecule has 1 aromatic carbocycles. The number of benzene rings is 1. The third-order valence-electron chi connectivity index (χ3n) is 4.85. The molecule has 1 aromatic heterocycles. The Morgan fingerprint density at radius 1 is 1.38 bits per heavy atom. The molecule has 0 bridgehead atoms. The van der Waals surface area contributed by atoms with Gasteiger partial charge in [0.15, 0.2) is 5.13 Å². The van der Waals surface area contributed by atoms with Crippen LogP contribution in [0.15, 0.2) is 36.2 Å². The average Bonchev–Trinajstić information content (AvgIpc) is 3.19. The number of hydrogen-bond acceptors (Lipinski definition) is 5. The molecule has 0 saturated carbocycles. The fourth-order valence-electron chi connectivity index (χ4n) is 3.34. The number of amides is 1. The van der Waals surface area contributed by atoms with E-state index in [4.69, 9.17) is 27.9 Å². The SMILES string of the molecule is C=CCN(C(=O)CN1CCC(OCC)CC1)c1nc(-c2ccc(Cl)c(Cl)c2)cs1. The van der Waals surface area contributed by atoms with Crippen LogP contribution in [0.5, 0.6) is 0 Å². The maximum absolute atomic E-state index is 13.0. The first kappa shape index (κ1) is 22.2. The first-order valence-electron chi connectivity index (χ1n) is 9.68. The third-order valence-corrected chi connectivity index (χ3v) is 6.45. The lowest BCUT2D eigenvalue weighted by Gasteiger charge is -2.32. The van der Waals surface area contributed by atoms with E-state index in [0.29, 0.717) is 34.4 Å². The Bertz CT molecular complexity index is 850. The molecule has 0 aliphatic carbocycles. The zero-order valence-electron chi connectivity index (χ0n) is 16.4. The molecular weight excluding hydrogens is 429 g/mol. The highest BCUT2D eigenvalue weighted by molar-refractivity contribution is 7.14. The van der Waals surface area contributed by atoms with Crippen LogP contribution in [-0.2, 0) is 9.53 Å². The molecule has 0 N–H and O–H groups in total. The lowest BCUT2D eigenvalue weighted by Crippen LogP contribution is -2.44. The highest BCUT2D eigenvalue weighted by Crippen LogP contribution is 2.32. The maximum Gasteiger partial charge on any atom is 0.243 e. The number of halogens is 2. The van der Waals surface area contributed by atoms with Crippen molar-refractivity contribution in [2.24, 2.45) is 0 Å². The van der Waals surface area contributed by atoms with Crippen LogP contribution >= 0.6 is 34.5 Å². The topological polar surface area (TPSA) is 45.7 Å². The molecule has 0 atom stereocenters. The number of hydrogen-bond donors (Lipinski definition) is 0. The number of likely N-dealkylation sites (tertiary alicyclic amines) is 1. The van der Waals surface area contributed by atoms with E-state index in [-0.39, 0.29) is 5.91 Å². The minimum absolute atomic E-state index is 0.0230. The van der Waals surface area contributed by atoms with Crippen LogP contribution in [0, 0.1) is 0 Å². The van der Waals surface area contributed by atoms with Crippen LogP contribution in [0.2, 0.25) is 10.0 Å². The first-order chi connectivity index (χ1) is 14.0. The van der Waals surface area contributed by atoms with Gasteiger partial charge in [-0.1, -0.05) is 35.3 Å². The molecule has 1 saturated heterocycles. The van der Waals surface area contributed by atoms with Crippen molar-refractivity contribution in [3.63, 3.8) is 0 Å². The van der Waals surface area contributed by atoms with E-state index in [0.717, 1.165) is 43.8 Å². The van der Waals surface area contributed by atoms with E-state index >= 15 is 0 Å². The van der Waals surface area contributed by atoms with Crippen molar-refractivity contribution < 1.29 is 9.53 Å². The summed E-state index contributed by atoms with van der Waals surface area (Å²) in [5.41, 5.74) is 1.63. The number of carbonyl (C=O) groups is 1. The smallest absolute Gasteiger partial charge is 0.243 e. The number of rotatable bonds is 8. The van der Waals surface area contributed by atoms with E-state index in [2.05, 4.69) is 16.5 Å². The van der Waals surface area contributed by atoms with Gasteiger partial charge in [-0.05, 0) is 31.9 Å². The number of aromatic nitrogens is 1. The van der Waals surface area contributed by atoms with E-state index in [1.54, 1.807) is 23.1 Å². The second-order valence-electron chi connectivity index (χ2n) is 6.87. The number of anilines is 1. The van der Waals surface area contributed by atoms with E-state index < -0.39 is 0 Å². The zero-order chi connectivity index (χ0) is 20.8. The molecule has 2 heterocycles. The summed E-state index contributed by atoms with van der Waals surface area (Å²) in [7, 11) is 0. The third kappa shape index (κ3) is 5.80. The summed E-state index contributed by atoms with van der Waals surface area (Å²) in [6.45, 7) is 9.07. The fraction of sp³-hybridized carbons (Fsp3) is 0.429. The monoisotopic (exact) mass is 453 g/mol. The summed E-state index contributed by atoms with van der Waals surface area (Å²) in [5, 5.41) is 3.56. The molecule has 3 rings (SSSR count). The first-order valence-corrected chi connectivity index (χ1v) is 11.3. The zero-order valence-corrected chi connectivity index (χ0v) is 18.8. The standard InChI is InChI=1S/C21H25Cl2N3O2S/c1-3-9-26(20(27)13-25-10-7-16(8-11-25)28-4-2)21-24-19(14-29-21)15-5-6-17(22)18(23)12-15/h3,5-6,12,14,16H,1,4,7-11,13H2,2H3. The van der Waals surface area contributed by atoms with Crippen LogP contribution in [-0.4, -0.2) is 54.7 Å². The maximum atomic E-state index is 13.0. The Morgan fingerprint density at radius 2 is 2.14 bits per heavy atom. The fourth-order valence-corrected chi connectivity index (χ4v) is 4.50. The van der Waals surface area contributed by atoms with Gasteiger partial charge >= 0.3 is 0 Å². The second-order valence-corrected chi connectivity index (χ2v) is 8.52. The minimum Gasteiger partial charge on any atom is -0.378 e. The van der Waals surface area contributed by atoms with E-state index in [1.807, 2.05) is 18.4 Å². The van der Waals surface area contributed by atoms with Gasteiger partial charge in [-0.15, -0.1) is 17.9 Å².